The highest BCUT2D eigenvalue weighted by molar-refractivity contribution is 7.93. The molecule has 0 radical (unpaired) electrons. The minimum Gasteiger partial charge on any atom is -0.378 e. The molecule has 1 aromatic carbocycles. The molecular weight excluding hydrogens is 466 g/mol. The normalized spacial score (nSPS) is 27.7. The van der Waals surface area contributed by atoms with Crippen LogP contribution < -0.4 is 9.62 Å². The number of benzene rings is 1. The largest absolute Gasteiger partial charge is 0.378 e. The lowest BCUT2D eigenvalue weighted by molar-refractivity contribution is 0.0636. The molecule has 1 amide bonds. The minimum atomic E-state index is -3.53. The van der Waals surface area contributed by atoms with Crippen molar-refractivity contribution in [2.75, 3.05) is 23.2 Å². The smallest absolute Gasteiger partial charge is 0.257 e. The van der Waals surface area contributed by atoms with Gasteiger partial charge < -0.3 is 10.1 Å². The second-order valence-corrected chi connectivity index (χ2v) is 10.9. The first kappa shape index (κ1) is 22.6. The summed E-state index contributed by atoms with van der Waals surface area (Å²) in [4.78, 5) is 13.0. The first-order chi connectivity index (χ1) is 14.7. The van der Waals surface area contributed by atoms with E-state index in [1.54, 1.807) is 6.08 Å². The summed E-state index contributed by atoms with van der Waals surface area (Å²) in [6.07, 6.45) is 5.95. The zero-order chi connectivity index (χ0) is 22.3. The van der Waals surface area contributed by atoms with Crippen LogP contribution in [0.4, 0.5) is 10.1 Å². The second-order valence-electron chi connectivity index (χ2n) is 8.05. The molecule has 6 nitrogen and oxygen atoms in total. The molecule has 2 unspecified atom stereocenters. The Bertz CT molecular complexity index is 1070. The van der Waals surface area contributed by atoms with Gasteiger partial charge in [0.15, 0.2) is 0 Å². The van der Waals surface area contributed by atoms with Crippen LogP contribution in [0.2, 0.25) is 5.02 Å². The Morgan fingerprint density at radius 3 is 2.71 bits per heavy atom. The van der Waals surface area contributed by atoms with E-state index in [2.05, 4.69) is 5.32 Å². The number of nitrogens with zero attached hydrogens (tertiary/aromatic N) is 1. The average molecular weight is 489 g/mol. The van der Waals surface area contributed by atoms with Crippen LogP contribution in [0.3, 0.4) is 0 Å². The standard InChI is InChI=1S/C21H23Cl2FN2O4S/c1-12-15(19-4-2-6-30-19)8-13(22)9-18(12)25-21(27)16-10-14(11-17(24)20(16)23)26-5-3-7-31(26,28)29/h8-12,15,19H,2-7H2,1H3,(H,25,27)/t12?,15?,19-/m0/s1. The Labute approximate surface area is 191 Å². The second kappa shape index (κ2) is 8.73. The molecule has 10 heteroatoms. The Balaban J connectivity index is 1.60. The van der Waals surface area contributed by atoms with Gasteiger partial charge >= 0.3 is 0 Å². The lowest BCUT2D eigenvalue weighted by Crippen LogP contribution is -2.35. The molecule has 168 valence electrons. The molecule has 3 atom stereocenters. The van der Waals surface area contributed by atoms with Crippen LogP contribution in [0.15, 0.2) is 35.0 Å². The molecule has 2 heterocycles. The number of rotatable bonds is 4. The summed E-state index contributed by atoms with van der Waals surface area (Å²) in [7, 11) is -3.53. The highest BCUT2D eigenvalue weighted by Crippen LogP contribution is 2.37. The Morgan fingerprint density at radius 2 is 2.06 bits per heavy atom. The van der Waals surface area contributed by atoms with Crippen molar-refractivity contribution in [1.82, 2.24) is 5.32 Å². The van der Waals surface area contributed by atoms with Crippen molar-refractivity contribution >= 4 is 44.8 Å². The zero-order valence-corrected chi connectivity index (χ0v) is 19.2. The topological polar surface area (TPSA) is 75.7 Å². The van der Waals surface area contributed by atoms with E-state index in [9.17, 15) is 17.6 Å². The molecule has 1 N–H and O–H groups in total. The molecule has 2 saturated heterocycles. The average Bonchev–Trinajstić information content (AvgIpc) is 3.35. The van der Waals surface area contributed by atoms with Crippen LogP contribution in [-0.4, -0.2) is 39.3 Å². The van der Waals surface area contributed by atoms with Crippen LogP contribution in [0, 0.1) is 17.7 Å². The van der Waals surface area contributed by atoms with Crippen LogP contribution in [0.5, 0.6) is 0 Å². The van der Waals surface area contributed by atoms with Crippen LogP contribution in [0.1, 0.15) is 36.5 Å². The van der Waals surface area contributed by atoms with E-state index in [1.807, 2.05) is 13.0 Å². The van der Waals surface area contributed by atoms with E-state index < -0.39 is 21.7 Å². The maximum absolute atomic E-state index is 14.5. The number of amides is 1. The van der Waals surface area contributed by atoms with Crippen LogP contribution >= 0.6 is 23.2 Å². The van der Waals surface area contributed by atoms with Gasteiger partial charge in [-0.25, -0.2) is 12.8 Å². The number of sulfonamides is 1. The maximum atomic E-state index is 14.5. The number of hydrogen-bond acceptors (Lipinski definition) is 4. The van der Waals surface area contributed by atoms with E-state index in [0.29, 0.717) is 23.8 Å². The highest BCUT2D eigenvalue weighted by Gasteiger charge is 2.34. The van der Waals surface area contributed by atoms with Crippen LogP contribution in [0.25, 0.3) is 0 Å². The number of anilines is 1. The number of allylic oxidation sites excluding steroid dienone is 3. The molecule has 31 heavy (non-hydrogen) atoms. The lowest BCUT2D eigenvalue weighted by atomic mass is 9.82. The molecule has 0 aromatic heterocycles. The lowest BCUT2D eigenvalue weighted by Gasteiger charge is -2.31. The molecule has 0 bridgehead atoms. The third kappa shape index (κ3) is 4.49. The van der Waals surface area contributed by atoms with Crippen LogP contribution in [-0.2, 0) is 14.8 Å². The Hall–Kier alpha value is -1.61. The predicted octanol–water partition coefficient (Wildman–Crippen LogP) is 4.20. The van der Waals surface area contributed by atoms with Crippen molar-refractivity contribution < 1.29 is 22.3 Å². The zero-order valence-electron chi connectivity index (χ0n) is 16.9. The van der Waals surface area contributed by atoms with E-state index in [-0.39, 0.29) is 46.5 Å². The third-order valence-electron chi connectivity index (χ3n) is 6.01. The van der Waals surface area contributed by atoms with Gasteiger partial charge in [0.05, 0.1) is 28.1 Å². The van der Waals surface area contributed by atoms with Gasteiger partial charge in [0, 0.05) is 35.7 Å². The molecule has 2 aliphatic heterocycles. The fourth-order valence-corrected chi connectivity index (χ4v) is 6.37. The SMILES string of the molecule is CC1C(NC(=O)c2cc(N3CCCS3(=O)=O)cc(F)c2Cl)=CC(Cl)=CC1[C@@H]1CCCO1. The molecule has 1 aliphatic carbocycles. The summed E-state index contributed by atoms with van der Waals surface area (Å²) in [6.45, 7) is 2.90. The van der Waals surface area contributed by atoms with E-state index >= 15 is 0 Å². The van der Waals surface area contributed by atoms with Gasteiger partial charge in [-0.3, -0.25) is 9.10 Å². The van der Waals surface area contributed by atoms with Crippen molar-refractivity contribution in [3.63, 3.8) is 0 Å². The van der Waals surface area contributed by atoms with Crippen molar-refractivity contribution in [3.05, 3.63) is 51.4 Å². The summed E-state index contributed by atoms with van der Waals surface area (Å²) < 4.78 is 45.9. The number of hydrogen-bond donors (Lipinski definition) is 1. The number of carbonyl (C=O) groups excluding carboxylic acids is 1. The summed E-state index contributed by atoms with van der Waals surface area (Å²) >= 11 is 12.4. The molecule has 4 rings (SSSR count). The summed E-state index contributed by atoms with van der Waals surface area (Å²) in [5, 5.41) is 2.92. The molecule has 3 aliphatic rings. The van der Waals surface area contributed by atoms with Crippen molar-refractivity contribution in [2.45, 2.75) is 32.3 Å². The minimum absolute atomic E-state index is 0.00332. The van der Waals surface area contributed by atoms with Gasteiger partial charge in [0.2, 0.25) is 10.0 Å². The van der Waals surface area contributed by atoms with Crippen molar-refractivity contribution in [1.29, 1.82) is 0 Å². The number of ether oxygens (including phenoxy) is 1. The number of halogens is 3. The van der Waals surface area contributed by atoms with Gasteiger partial charge in [-0.2, -0.15) is 0 Å². The number of nitrogens with one attached hydrogen (secondary N) is 1. The molecule has 2 fully saturated rings. The Morgan fingerprint density at radius 1 is 1.29 bits per heavy atom. The summed E-state index contributed by atoms with van der Waals surface area (Å²) in [6, 6.07) is 2.35. The predicted molar refractivity (Wildman–Crippen MR) is 118 cm³/mol. The summed E-state index contributed by atoms with van der Waals surface area (Å²) in [5.74, 6) is -1.58. The first-order valence-corrected chi connectivity index (χ1v) is 12.5. The highest BCUT2D eigenvalue weighted by atomic mass is 35.5. The van der Waals surface area contributed by atoms with Gasteiger partial charge in [-0.05, 0) is 37.5 Å². The molecule has 0 spiro atoms. The van der Waals surface area contributed by atoms with Crippen molar-refractivity contribution in [3.8, 4) is 0 Å². The molecular formula is C21H23Cl2FN2O4S. The molecule has 1 aromatic rings. The number of carbonyl (C=O) groups is 1. The molecule has 0 saturated carbocycles. The monoisotopic (exact) mass is 488 g/mol. The van der Waals surface area contributed by atoms with Gasteiger partial charge in [-0.15, -0.1) is 0 Å². The first-order valence-electron chi connectivity index (χ1n) is 10.2. The van der Waals surface area contributed by atoms with Gasteiger partial charge in [0.25, 0.3) is 5.91 Å². The van der Waals surface area contributed by atoms with E-state index in [0.717, 1.165) is 23.2 Å². The third-order valence-corrected chi connectivity index (χ3v) is 8.50. The maximum Gasteiger partial charge on any atom is 0.257 e. The van der Waals surface area contributed by atoms with Gasteiger partial charge in [-0.1, -0.05) is 36.2 Å². The fraction of sp³-hybridized carbons (Fsp3) is 0.476. The van der Waals surface area contributed by atoms with Gasteiger partial charge in [0.1, 0.15) is 5.82 Å². The van der Waals surface area contributed by atoms with E-state index in [4.69, 9.17) is 27.9 Å². The van der Waals surface area contributed by atoms with Crippen molar-refractivity contribution in [2.24, 2.45) is 11.8 Å². The quantitative estimate of drug-likeness (QED) is 0.688. The Kier molecular flexibility index (Phi) is 6.36. The van der Waals surface area contributed by atoms with E-state index in [1.165, 1.54) is 6.07 Å². The fourth-order valence-electron chi connectivity index (χ4n) is 4.36. The summed E-state index contributed by atoms with van der Waals surface area (Å²) in [5.41, 5.74) is 0.533.